The molecule has 0 aliphatic carbocycles. The van der Waals surface area contributed by atoms with Crippen LogP contribution in [0.2, 0.25) is 0 Å². The van der Waals surface area contributed by atoms with Gasteiger partial charge < -0.3 is 24.6 Å². The van der Waals surface area contributed by atoms with E-state index in [1.54, 1.807) is 0 Å². The van der Waals surface area contributed by atoms with Gasteiger partial charge in [0.25, 0.3) is 5.91 Å². The molecule has 10 heteroatoms. The third-order valence-electron chi connectivity index (χ3n) is 7.81. The molecule has 0 saturated carbocycles. The van der Waals surface area contributed by atoms with Crippen molar-refractivity contribution in [2.75, 3.05) is 52.5 Å². The number of likely N-dealkylation sites (tertiary alicyclic amines) is 1. The molecule has 0 radical (unpaired) electrons. The number of hydrogen-bond acceptors (Lipinski definition) is 5. The first-order valence-corrected chi connectivity index (χ1v) is 13.5. The molecule has 3 heterocycles. The lowest BCUT2D eigenvalue weighted by Gasteiger charge is -2.30. The molecule has 0 aromatic heterocycles. The number of carbonyl (C=O) groups is 3. The molecule has 8 nitrogen and oxygen atoms in total. The molecule has 2 bridgehead atoms. The first-order valence-electron chi connectivity index (χ1n) is 13.5. The summed E-state index contributed by atoms with van der Waals surface area (Å²) in [5.41, 5.74) is 0.460. The van der Waals surface area contributed by atoms with Gasteiger partial charge in [-0.3, -0.25) is 14.4 Å². The van der Waals surface area contributed by atoms with Gasteiger partial charge in [0.05, 0.1) is 18.0 Å². The first kappa shape index (κ1) is 27.1. The Morgan fingerprint density at radius 2 is 1.72 bits per heavy atom. The molecule has 2 saturated heterocycles. The second kappa shape index (κ2) is 12.1. The van der Waals surface area contributed by atoms with Crippen LogP contribution < -0.4 is 10.1 Å². The average molecular weight is 542 g/mol. The fourth-order valence-electron chi connectivity index (χ4n) is 5.66. The number of halogens is 2. The third-order valence-corrected chi connectivity index (χ3v) is 7.81. The predicted molar refractivity (Wildman–Crippen MR) is 138 cm³/mol. The number of nitrogens with zero attached hydrogens (tertiary/aromatic N) is 2. The summed E-state index contributed by atoms with van der Waals surface area (Å²) < 4.78 is 39.6. The van der Waals surface area contributed by atoms with Gasteiger partial charge in [0, 0.05) is 51.2 Å². The molecule has 3 aliphatic heterocycles. The van der Waals surface area contributed by atoms with E-state index >= 15 is 0 Å². The van der Waals surface area contributed by atoms with Crippen molar-refractivity contribution in [2.45, 2.75) is 25.2 Å². The molecule has 0 unspecified atom stereocenters. The van der Waals surface area contributed by atoms with Crippen LogP contribution >= 0.6 is 0 Å². The van der Waals surface area contributed by atoms with Gasteiger partial charge in [0.1, 0.15) is 24.0 Å². The van der Waals surface area contributed by atoms with E-state index in [0.29, 0.717) is 64.5 Å². The minimum Gasteiger partial charge on any atom is -0.492 e. The lowest BCUT2D eigenvalue weighted by molar-refractivity contribution is -0.139. The first-order chi connectivity index (χ1) is 18.9. The number of rotatable bonds is 2. The Hall–Kier alpha value is -3.53. The zero-order chi connectivity index (χ0) is 27.4. The van der Waals surface area contributed by atoms with Crippen LogP contribution in [0.25, 0.3) is 0 Å². The van der Waals surface area contributed by atoms with E-state index < -0.39 is 23.5 Å². The van der Waals surface area contributed by atoms with E-state index in [4.69, 9.17) is 9.47 Å². The predicted octanol–water partition coefficient (Wildman–Crippen LogP) is 2.97. The Kier molecular flexibility index (Phi) is 8.40. The van der Waals surface area contributed by atoms with E-state index in [0.717, 1.165) is 23.8 Å². The van der Waals surface area contributed by atoms with E-state index in [1.807, 2.05) is 29.2 Å². The number of benzene rings is 2. The Labute approximate surface area is 226 Å². The van der Waals surface area contributed by atoms with Crippen molar-refractivity contribution in [2.24, 2.45) is 11.8 Å². The summed E-state index contributed by atoms with van der Waals surface area (Å²) in [7, 11) is 0. The summed E-state index contributed by atoms with van der Waals surface area (Å²) in [5, 5.41) is 2.97. The van der Waals surface area contributed by atoms with Crippen molar-refractivity contribution in [1.29, 1.82) is 0 Å². The fourth-order valence-corrected chi connectivity index (χ4v) is 5.66. The van der Waals surface area contributed by atoms with Crippen LogP contribution in [0.1, 0.15) is 41.1 Å². The Morgan fingerprint density at radius 1 is 0.923 bits per heavy atom. The van der Waals surface area contributed by atoms with Crippen molar-refractivity contribution >= 4 is 17.7 Å². The van der Waals surface area contributed by atoms with Gasteiger partial charge >= 0.3 is 0 Å². The molecule has 2 atom stereocenters. The summed E-state index contributed by atoms with van der Waals surface area (Å²) in [6, 6.07) is 10.1. The van der Waals surface area contributed by atoms with Crippen molar-refractivity contribution < 1.29 is 32.6 Å². The zero-order valence-electron chi connectivity index (χ0n) is 21.7. The quantitative estimate of drug-likeness (QED) is 0.632. The van der Waals surface area contributed by atoms with Crippen LogP contribution in [0.3, 0.4) is 0 Å². The minimum absolute atomic E-state index is 0.0683. The smallest absolute Gasteiger partial charge is 0.256 e. The van der Waals surface area contributed by atoms with Gasteiger partial charge in [-0.25, -0.2) is 8.78 Å². The van der Waals surface area contributed by atoms with Gasteiger partial charge in [-0.15, -0.1) is 0 Å². The number of ether oxygens (including phenoxy) is 2. The fraction of sp³-hybridized carbons (Fsp3) is 0.483. The molecular formula is C29H33F2N3O5. The second-order valence-electron chi connectivity index (χ2n) is 10.3. The molecule has 208 valence electrons. The van der Waals surface area contributed by atoms with Crippen molar-refractivity contribution in [1.82, 2.24) is 15.1 Å². The number of carbonyl (C=O) groups excluding carboxylic acids is 3. The van der Waals surface area contributed by atoms with E-state index in [2.05, 4.69) is 5.32 Å². The number of hydrogen-bond donors (Lipinski definition) is 1. The summed E-state index contributed by atoms with van der Waals surface area (Å²) in [4.78, 5) is 42.9. The van der Waals surface area contributed by atoms with Gasteiger partial charge in [-0.2, -0.15) is 0 Å². The van der Waals surface area contributed by atoms with Gasteiger partial charge in [0.15, 0.2) is 0 Å². The number of amides is 3. The zero-order valence-corrected chi connectivity index (χ0v) is 21.7. The van der Waals surface area contributed by atoms with Crippen LogP contribution in [-0.4, -0.2) is 80.1 Å². The van der Waals surface area contributed by atoms with Gasteiger partial charge in [-0.1, -0.05) is 12.1 Å². The van der Waals surface area contributed by atoms with Crippen LogP contribution in [0.15, 0.2) is 42.5 Å². The maximum absolute atomic E-state index is 14.4. The van der Waals surface area contributed by atoms with Crippen LogP contribution in [0, 0.1) is 23.5 Å². The SMILES string of the molecule is O=C1NCCCN(C(=O)C2CCOCC2)CCOc2cccc(c2)[C@H]2CN(C(=O)c3cc(F)ccc3F)C[C@H]12. The molecular weight excluding hydrogens is 508 g/mol. The largest absolute Gasteiger partial charge is 0.492 e. The number of nitrogens with one attached hydrogen (secondary N) is 1. The highest BCUT2D eigenvalue weighted by Crippen LogP contribution is 2.35. The molecule has 0 spiro atoms. The molecule has 5 rings (SSSR count). The van der Waals surface area contributed by atoms with Gasteiger partial charge in [-0.05, 0) is 55.2 Å². The minimum atomic E-state index is -0.806. The standard InChI is InChI=1S/C29H33F2N3O5/c30-21-5-6-26(31)23(16-21)29(37)34-17-24-20-3-1-4-22(15-20)39-14-11-33(28(36)19-7-12-38-13-8-19)10-2-9-32-27(35)25(24)18-34/h1,3-6,15-16,19,24-25H,2,7-14,17-18H2,(H,32,35)/t24-,25+/m1/s1. The highest BCUT2D eigenvalue weighted by Gasteiger charge is 2.41. The summed E-state index contributed by atoms with van der Waals surface area (Å²) >= 11 is 0. The molecule has 2 fully saturated rings. The van der Waals surface area contributed by atoms with E-state index in [-0.39, 0.29) is 42.3 Å². The van der Waals surface area contributed by atoms with Crippen LogP contribution in [-0.2, 0) is 14.3 Å². The maximum atomic E-state index is 14.4. The van der Waals surface area contributed by atoms with Crippen molar-refractivity contribution in [3.05, 3.63) is 65.2 Å². The van der Waals surface area contributed by atoms with E-state index in [9.17, 15) is 23.2 Å². The summed E-state index contributed by atoms with van der Waals surface area (Å²) in [6.45, 7) is 3.03. The molecule has 3 aliphatic rings. The summed E-state index contributed by atoms with van der Waals surface area (Å²) in [6.07, 6.45) is 1.97. The van der Waals surface area contributed by atoms with Crippen LogP contribution in [0.5, 0.6) is 5.75 Å². The lowest BCUT2D eigenvalue weighted by Crippen LogP contribution is -2.42. The summed E-state index contributed by atoms with van der Waals surface area (Å²) in [5.74, 6) is -2.69. The Bertz CT molecular complexity index is 1220. The lowest BCUT2D eigenvalue weighted by atomic mass is 9.88. The highest BCUT2D eigenvalue weighted by atomic mass is 19.1. The monoisotopic (exact) mass is 541 g/mol. The Morgan fingerprint density at radius 3 is 2.54 bits per heavy atom. The maximum Gasteiger partial charge on any atom is 0.256 e. The van der Waals surface area contributed by atoms with Crippen LogP contribution in [0.4, 0.5) is 8.78 Å². The highest BCUT2D eigenvalue weighted by molar-refractivity contribution is 5.95. The molecule has 1 N–H and O–H groups in total. The normalized spacial score (nSPS) is 22.9. The topological polar surface area (TPSA) is 88.2 Å². The van der Waals surface area contributed by atoms with E-state index in [1.165, 1.54) is 4.90 Å². The molecule has 2 aromatic rings. The molecule has 39 heavy (non-hydrogen) atoms. The molecule has 2 aromatic carbocycles. The number of fused-ring (bicyclic) bond motifs is 4. The Balaban J connectivity index is 1.35. The average Bonchev–Trinajstić information content (AvgIpc) is 3.41. The third kappa shape index (κ3) is 6.21. The second-order valence-corrected chi connectivity index (χ2v) is 10.3. The van der Waals surface area contributed by atoms with Crippen molar-refractivity contribution in [3.63, 3.8) is 0 Å². The molecule has 3 amide bonds. The van der Waals surface area contributed by atoms with Crippen molar-refractivity contribution in [3.8, 4) is 5.75 Å². The van der Waals surface area contributed by atoms with Gasteiger partial charge in [0.2, 0.25) is 11.8 Å².